The van der Waals surface area contributed by atoms with Crippen LogP contribution in [0.2, 0.25) is 0 Å². The maximum Gasteiger partial charge on any atom is 0.162 e. The van der Waals surface area contributed by atoms with E-state index in [1.165, 1.54) is 22.0 Å². The third-order valence-electron chi connectivity index (χ3n) is 2.84. The van der Waals surface area contributed by atoms with Gasteiger partial charge in [-0.2, -0.15) is 0 Å². The molecule has 0 spiro atoms. The highest BCUT2D eigenvalue weighted by Crippen LogP contribution is 2.31. The topological polar surface area (TPSA) is 9.23 Å². The zero-order valence-corrected chi connectivity index (χ0v) is 11.8. The molecule has 0 heterocycles. The van der Waals surface area contributed by atoms with Crippen LogP contribution in [0.4, 0.5) is 0 Å². The summed E-state index contributed by atoms with van der Waals surface area (Å²) in [5.41, 5.74) is 2.23. The first-order chi connectivity index (χ1) is 8.23. The lowest BCUT2D eigenvalue weighted by atomic mass is 10.1. The van der Waals surface area contributed by atoms with Gasteiger partial charge >= 0.3 is 0 Å². The Morgan fingerprint density at radius 2 is 1.71 bits per heavy atom. The zero-order chi connectivity index (χ0) is 12.8. The molecule has 1 aromatic rings. The summed E-state index contributed by atoms with van der Waals surface area (Å²) in [7, 11) is 1.98. The van der Waals surface area contributed by atoms with Crippen LogP contribution in [0.3, 0.4) is 0 Å². The number of benzene rings is 1. The fourth-order valence-electron chi connectivity index (χ4n) is 1.96. The van der Waals surface area contributed by atoms with Crippen molar-refractivity contribution in [3.63, 3.8) is 0 Å². The highest BCUT2D eigenvalue weighted by Gasteiger charge is 2.22. The highest BCUT2D eigenvalue weighted by molar-refractivity contribution is 7.96. The van der Waals surface area contributed by atoms with E-state index in [1.54, 1.807) is 7.11 Å². The molecule has 1 rings (SSSR count). The van der Waals surface area contributed by atoms with Crippen LogP contribution in [-0.2, 0) is 10.9 Å². The Morgan fingerprint density at radius 3 is 2.12 bits per heavy atom. The van der Waals surface area contributed by atoms with E-state index in [2.05, 4.69) is 33.1 Å². The minimum absolute atomic E-state index is 0.290. The number of hydrogen-bond acceptors (Lipinski definition) is 1. The molecule has 0 saturated carbocycles. The van der Waals surface area contributed by atoms with Crippen molar-refractivity contribution >= 4 is 23.0 Å². The van der Waals surface area contributed by atoms with Crippen molar-refractivity contribution in [1.29, 1.82) is 0 Å². The van der Waals surface area contributed by atoms with Gasteiger partial charge in [-0.05, 0) is 26.0 Å². The van der Waals surface area contributed by atoms with Crippen molar-refractivity contribution in [2.75, 3.05) is 18.6 Å². The summed E-state index contributed by atoms with van der Waals surface area (Å²) in [6.07, 6.45) is 3.77. The standard InChI is InChI=1S/C15H21OS/c1-6-12-13(7-2)15(17(8-3)9-4)11-10-14(12)16-5/h6-7,10-11H,1-2,8-9H2,3-5H3/q+1. The Balaban J connectivity index is 3.42. The van der Waals surface area contributed by atoms with Crippen LogP contribution >= 0.6 is 0 Å². The van der Waals surface area contributed by atoms with Crippen LogP contribution in [0.25, 0.3) is 12.2 Å². The molecule has 2 heteroatoms. The SMILES string of the molecule is C=Cc1c(OC)ccc([S+](CC)CC)c1C=C. The van der Waals surface area contributed by atoms with Gasteiger partial charge in [0.2, 0.25) is 0 Å². The van der Waals surface area contributed by atoms with Crippen molar-refractivity contribution in [2.24, 2.45) is 0 Å². The molecule has 0 aromatic heterocycles. The Kier molecular flexibility index (Phi) is 5.36. The predicted octanol–water partition coefficient (Wildman–Crippen LogP) is 4.00. The summed E-state index contributed by atoms with van der Waals surface area (Å²) >= 11 is 0. The molecule has 1 nitrogen and oxygen atoms in total. The minimum Gasteiger partial charge on any atom is -0.496 e. The molecule has 0 aliphatic heterocycles. The summed E-state index contributed by atoms with van der Waals surface area (Å²) in [6, 6.07) is 4.20. The molecule has 0 unspecified atom stereocenters. The molecule has 0 aliphatic rings. The van der Waals surface area contributed by atoms with E-state index in [1.807, 2.05) is 18.2 Å². The average Bonchev–Trinajstić information content (AvgIpc) is 2.39. The largest absolute Gasteiger partial charge is 0.496 e. The molecule has 92 valence electrons. The fourth-order valence-corrected chi connectivity index (χ4v) is 3.76. The third kappa shape index (κ3) is 2.75. The van der Waals surface area contributed by atoms with Crippen LogP contribution in [0.5, 0.6) is 5.75 Å². The van der Waals surface area contributed by atoms with E-state index in [9.17, 15) is 0 Å². The van der Waals surface area contributed by atoms with Gasteiger partial charge in [0.1, 0.15) is 17.3 Å². The van der Waals surface area contributed by atoms with Gasteiger partial charge in [0.05, 0.1) is 7.11 Å². The van der Waals surface area contributed by atoms with Crippen molar-refractivity contribution in [1.82, 2.24) is 0 Å². The van der Waals surface area contributed by atoms with E-state index in [0.717, 1.165) is 11.3 Å². The van der Waals surface area contributed by atoms with Crippen molar-refractivity contribution in [3.8, 4) is 5.75 Å². The molecule has 0 saturated heterocycles. The maximum absolute atomic E-state index is 5.36. The van der Waals surface area contributed by atoms with E-state index >= 15 is 0 Å². The van der Waals surface area contributed by atoms with E-state index in [-0.39, 0.29) is 0 Å². The monoisotopic (exact) mass is 249 g/mol. The summed E-state index contributed by atoms with van der Waals surface area (Å²) in [5.74, 6) is 3.20. The number of hydrogen-bond donors (Lipinski definition) is 0. The summed E-state index contributed by atoms with van der Waals surface area (Å²) in [4.78, 5) is 1.38. The van der Waals surface area contributed by atoms with Gasteiger partial charge in [-0.1, -0.05) is 25.3 Å². The first-order valence-corrected chi connectivity index (χ1v) is 7.43. The molecule has 0 N–H and O–H groups in total. The predicted molar refractivity (Wildman–Crippen MR) is 79.9 cm³/mol. The van der Waals surface area contributed by atoms with Crippen molar-refractivity contribution < 1.29 is 4.74 Å². The average molecular weight is 249 g/mol. The lowest BCUT2D eigenvalue weighted by molar-refractivity contribution is 0.413. The number of methoxy groups -OCH3 is 1. The molecule has 0 aliphatic carbocycles. The zero-order valence-electron chi connectivity index (χ0n) is 11.0. The fraction of sp³-hybridized carbons (Fsp3) is 0.333. The van der Waals surface area contributed by atoms with Gasteiger partial charge in [-0.15, -0.1) is 0 Å². The quantitative estimate of drug-likeness (QED) is 0.692. The lowest BCUT2D eigenvalue weighted by Gasteiger charge is -2.12. The lowest BCUT2D eigenvalue weighted by Crippen LogP contribution is -2.11. The molecule has 0 amide bonds. The molecule has 0 radical (unpaired) electrons. The van der Waals surface area contributed by atoms with Gasteiger partial charge in [0.25, 0.3) is 0 Å². The molecular formula is C15H21OS+. The van der Waals surface area contributed by atoms with Gasteiger partial charge in [-0.25, -0.2) is 0 Å². The highest BCUT2D eigenvalue weighted by atomic mass is 32.2. The van der Waals surface area contributed by atoms with Crippen LogP contribution in [0.1, 0.15) is 25.0 Å². The Bertz CT molecular complexity index is 406. The molecular weight excluding hydrogens is 228 g/mol. The van der Waals surface area contributed by atoms with Crippen LogP contribution in [0.15, 0.2) is 30.2 Å². The summed E-state index contributed by atoms with van der Waals surface area (Å²) in [5, 5.41) is 0. The molecule has 17 heavy (non-hydrogen) atoms. The molecule has 0 atom stereocenters. The van der Waals surface area contributed by atoms with Crippen LogP contribution in [-0.4, -0.2) is 18.6 Å². The number of rotatable bonds is 6. The Labute approximate surface area is 108 Å². The van der Waals surface area contributed by atoms with Crippen molar-refractivity contribution in [2.45, 2.75) is 18.7 Å². The summed E-state index contributed by atoms with van der Waals surface area (Å²) < 4.78 is 5.36. The van der Waals surface area contributed by atoms with Gasteiger partial charge < -0.3 is 4.74 Å². The Morgan fingerprint density at radius 1 is 1.12 bits per heavy atom. The first kappa shape index (κ1) is 13.9. The molecule has 1 aromatic carbocycles. The summed E-state index contributed by atoms with van der Waals surface area (Å²) in [6.45, 7) is 12.3. The van der Waals surface area contributed by atoms with Crippen LogP contribution in [0, 0.1) is 0 Å². The normalized spacial score (nSPS) is 10.4. The smallest absolute Gasteiger partial charge is 0.162 e. The molecule has 0 bridgehead atoms. The second-order valence-electron chi connectivity index (χ2n) is 3.57. The number of ether oxygens (including phenoxy) is 1. The van der Waals surface area contributed by atoms with Crippen molar-refractivity contribution in [3.05, 3.63) is 36.4 Å². The second-order valence-corrected chi connectivity index (χ2v) is 6.15. The van der Waals surface area contributed by atoms with E-state index < -0.39 is 0 Å². The van der Waals surface area contributed by atoms with E-state index in [0.29, 0.717) is 10.9 Å². The Hall–Kier alpha value is -1.15. The van der Waals surface area contributed by atoms with Gasteiger partial charge in [0, 0.05) is 22.0 Å². The third-order valence-corrected chi connectivity index (χ3v) is 5.22. The van der Waals surface area contributed by atoms with Gasteiger partial charge in [-0.3, -0.25) is 0 Å². The maximum atomic E-state index is 5.36. The second kappa shape index (κ2) is 6.55. The van der Waals surface area contributed by atoms with Crippen LogP contribution < -0.4 is 4.74 Å². The molecule has 0 fully saturated rings. The van der Waals surface area contributed by atoms with Gasteiger partial charge in [0.15, 0.2) is 4.90 Å². The first-order valence-electron chi connectivity index (χ1n) is 5.86. The van der Waals surface area contributed by atoms with E-state index in [4.69, 9.17) is 4.74 Å². The minimum atomic E-state index is 0.290.